The summed E-state index contributed by atoms with van der Waals surface area (Å²) in [7, 11) is 0. The van der Waals surface area contributed by atoms with Crippen molar-refractivity contribution in [1.82, 2.24) is 4.98 Å². The molecule has 1 fully saturated rings. The van der Waals surface area contributed by atoms with Crippen LogP contribution in [0.2, 0.25) is 0 Å². The Morgan fingerprint density at radius 2 is 2.07 bits per heavy atom. The number of para-hydroxylation sites is 1. The molecular weight excluding hydrogens is 174 g/mol. The van der Waals surface area contributed by atoms with Crippen molar-refractivity contribution in [2.24, 2.45) is 0 Å². The minimum atomic E-state index is 0.447. The number of rotatable bonds is 2. The van der Waals surface area contributed by atoms with Crippen LogP contribution in [0.1, 0.15) is 19.3 Å². The van der Waals surface area contributed by atoms with Crippen molar-refractivity contribution >= 4 is 10.9 Å². The van der Waals surface area contributed by atoms with Crippen LogP contribution in [-0.2, 0) is 0 Å². The standard InChI is InChI=1S/C12H13NO/c1-2-7-11-9(4-1)8-12(13-11)14-10-5-3-6-10/h1-2,4,7-8,10,13H,3,5-6H2. The molecule has 1 aliphatic carbocycles. The summed E-state index contributed by atoms with van der Waals surface area (Å²) in [6, 6.07) is 10.3. The Morgan fingerprint density at radius 1 is 1.21 bits per heavy atom. The highest BCUT2D eigenvalue weighted by Gasteiger charge is 2.19. The van der Waals surface area contributed by atoms with E-state index in [1.165, 1.54) is 24.6 Å². The van der Waals surface area contributed by atoms with Gasteiger partial charge in [0.25, 0.3) is 0 Å². The molecule has 1 heterocycles. The van der Waals surface area contributed by atoms with Crippen LogP contribution in [0.3, 0.4) is 0 Å². The van der Waals surface area contributed by atoms with E-state index >= 15 is 0 Å². The highest BCUT2D eigenvalue weighted by atomic mass is 16.5. The molecule has 1 aromatic carbocycles. The lowest BCUT2D eigenvalue weighted by atomic mass is 9.96. The molecule has 0 saturated heterocycles. The molecule has 0 atom stereocenters. The summed E-state index contributed by atoms with van der Waals surface area (Å²) in [5.41, 5.74) is 1.15. The molecular formula is C12H13NO. The van der Waals surface area contributed by atoms with Gasteiger partial charge < -0.3 is 9.72 Å². The lowest BCUT2D eigenvalue weighted by Crippen LogP contribution is -2.24. The maximum atomic E-state index is 5.78. The molecule has 72 valence electrons. The zero-order valence-corrected chi connectivity index (χ0v) is 7.99. The monoisotopic (exact) mass is 187 g/mol. The minimum Gasteiger partial charge on any atom is -0.476 e. The number of ether oxygens (including phenoxy) is 1. The molecule has 14 heavy (non-hydrogen) atoms. The number of fused-ring (bicyclic) bond motifs is 1. The lowest BCUT2D eigenvalue weighted by molar-refractivity contribution is 0.115. The number of aromatic amines is 1. The number of hydrogen-bond acceptors (Lipinski definition) is 1. The summed E-state index contributed by atoms with van der Waals surface area (Å²) in [6.07, 6.45) is 4.17. The molecule has 1 N–H and O–H groups in total. The molecule has 0 radical (unpaired) electrons. The molecule has 3 rings (SSSR count). The highest BCUT2D eigenvalue weighted by molar-refractivity contribution is 5.81. The second-order valence-corrected chi connectivity index (χ2v) is 3.89. The first-order valence-corrected chi connectivity index (χ1v) is 5.16. The van der Waals surface area contributed by atoms with Crippen molar-refractivity contribution in [3.8, 4) is 5.88 Å². The van der Waals surface area contributed by atoms with Gasteiger partial charge in [-0.15, -0.1) is 0 Å². The van der Waals surface area contributed by atoms with Gasteiger partial charge in [-0.2, -0.15) is 0 Å². The smallest absolute Gasteiger partial charge is 0.192 e. The summed E-state index contributed by atoms with van der Waals surface area (Å²) in [4.78, 5) is 3.27. The maximum Gasteiger partial charge on any atom is 0.192 e. The first-order chi connectivity index (χ1) is 6.92. The third-order valence-corrected chi connectivity index (χ3v) is 2.85. The molecule has 0 amide bonds. The molecule has 1 aliphatic rings. The number of aromatic nitrogens is 1. The summed E-state index contributed by atoms with van der Waals surface area (Å²) in [5, 5.41) is 1.22. The van der Waals surface area contributed by atoms with Gasteiger partial charge in [-0.3, -0.25) is 0 Å². The van der Waals surface area contributed by atoms with Gasteiger partial charge in [0, 0.05) is 17.0 Å². The third kappa shape index (κ3) is 1.27. The number of hydrogen-bond donors (Lipinski definition) is 1. The SMILES string of the molecule is c1ccc2[nH]c(OC3CCC3)cc2c1. The molecule has 0 unspecified atom stereocenters. The van der Waals surface area contributed by atoms with Crippen molar-refractivity contribution in [2.75, 3.05) is 0 Å². The van der Waals surface area contributed by atoms with E-state index < -0.39 is 0 Å². The first-order valence-electron chi connectivity index (χ1n) is 5.16. The van der Waals surface area contributed by atoms with Crippen molar-refractivity contribution in [1.29, 1.82) is 0 Å². The van der Waals surface area contributed by atoms with Crippen LogP contribution in [0.5, 0.6) is 5.88 Å². The second kappa shape index (κ2) is 3.05. The normalized spacial score (nSPS) is 16.9. The molecule has 0 bridgehead atoms. The first kappa shape index (κ1) is 7.92. The van der Waals surface area contributed by atoms with Gasteiger partial charge in [-0.1, -0.05) is 18.2 Å². The quantitative estimate of drug-likeness (QED) is 0.767. The molecule has 0 spiro atoms. The van der Waals surface area contributed by atoms with E-state index in [0.717, 1.165) is 11.4 Å². The highest BCUT2D eigenvalue weighted by Crippen LogP contribution is 2.26. The second-order valence-electron chi connectivity index (χ2n) is 3.89. The molecule has 0 aliphatic heterocycles. The molecule has 1 aromatic heterocycles. The number of nitrogens with one attached hydrogen (secondary N) is 1. The zero-order chi connectivity index (χ0) is 9.38. The van der Waals surface area contributed by atoms with Crippen molar-refractivity contribution in [3.63, 3.8) is 0 Å². The Bertz CT molecular complexity index is 409. The minimum absolute atomic E-state index is 0.447. The summed E-state index contributed by atoms with van der Waals surface area (Å²) >= 11 is 0. The van der Waals surface area contributed by atoms with Crippen LogP contribution in [0.15, 0.2) is 30.3 Å². The van der Waals surface area contributed by atoms with Crippen molar-refractivity contribution in [2.45, 2.75) is 25.4 Å². The molecule has 2 nitrogen and oxygen atoms in total. The zero-order valence-electron chi connectivity index (χ0n) is 7.99. The summed E-state index contributed by atoms with van der Waals surface area (Å²) < 4.78 is 5.78. The Hall–Kier alpha value is -1.44. The van der Waals surface area contributed by atoms with E-state index in [0.29, 0.717) is 6.10 Å². The van der Waals surface area contributed by atoms with Gasteiger partial charge in [0.2, 0.25) is 0 Å². The molecule has 2 heteroatoms. The fourth-order valence-corrected chi connectivity index (χ4v) is 1.78. The maximum absolute atomic E-state index is 5.78. The van der Waals surface area contributed by atoms with E-state index in [1.807, 2.05) is 12.1 Å². The van der Waals surface area contributed by atoms with Gasteiger partial charge in [-0.25, -0.2) is 0 Å². The summed E-state index contributed by atoms with van der Waals surface area (Å²) in [6.45, 7) is 0. The van der Waals surface area contributed by atoms with E-state index in [1.54, 1.807) is 0 Å². The Morgan fingerprint density at radius 3 is 2.79 bits per heavy atom. The lowest BCUT2D eigenvalue weighted by Gasteiger charge is -2.25. The average Bonchev–Trinajstić information content (AvgIpc) is 2.53. The van der Waals surface area contributed by atoms with Crippen LogP contribution >= 0.6 is 0 Å². The summed E-state index contributed by atoms with van der Waals surface area (Å²) in [5.74, 6) is 0.913. The fourth-order valence-electron chi connectivity index (χ4n) is 1.78. The predicted molar refractivity (Wildman–Crippen MR) is 56.6 cm³/mol. The molecule has 2 aromatic rings. The van der Waals surface area contributed by atoms with Gasteiger partial charge >= 0.3 is 0 Å². The van der Waals surface area contributed by atoms with Gasteiger partial charge in [0.1, 0.15) is 6.10 Å². The average molecular weight is 187 g/mol. The van der Waals surface area contributed by atoms with E-state index in [2.05, 4.69) is 23.2 Å². The Labute approximate surface area is 82.9 Å². The van der Waals surface area contributed by atoms with E-state index in [-0.39, 0.29) is 0 Å². The Balaban J connectivity index is 1.89. The number of H-pyrrole nitrogens is 1. The predicted octanol–water partition coefficient (Wildman–Crippen LogP) is 3.10. The third-order valence-electron chi connectivity index (χ3n) is 2.85. The van der Waals surface area contributed by atoms with Crippen molar-refractivity contribution < 1.29 is 4.74 Å². The van der Waals surface area contributed by atoms with Crippen LogP contribution < -0.4 is 4.74 Å². The Kier molecular flexibility index (Phi) is 1.72. The van der Waals surface area contributed by atoms with Crippen LogP contribution in [0.4, 0.5) is 0 Å². The van der Waals surface area contributed by atoms with Gasteiger partial charge in [0.05, 0.1) is 0 Å². The van der Waals surface area contributed by atoms with Crippen LogP contribution in [0, 0.1) is 0 Å². The van der Waals surface area contributed by atoms with Gasteiger partial charge in [-0.05, 0) is 25.3 Å². The largest absolute Gasteiger partial charge is 0.476 e. The fraction of sp³-hybridized carbons (Fsp3) is 0.333. The van der Waals surface area contributed by atoms with Crippen molar-refractivity contribution in [3.05, 3.63) is 30.3 Å². The number of benzene rings is 1. The van der Waals surface area contributed by atoms with E-state index in [4.69, 9.17) is 4.74 Å². The molecule has 1 saturated carbocycles. The van der Waals surface area contributed by atoms with E-state index in [9.17, 15) is 0 Å². The van der Waals surface area contributed by atoms with Crippen LogP contribution in [-0.4, -0.2) is 11.1 Å². The van der Waals surface area contributed by atoms with Crippen LogP contribution in [0.25, 0.3) is 10.9 Å². The van der Waals surface area contributed by atoms with Gasteiger partial charge in [0.15, 0.2) is 5.88 Å². The topological polar surface area (TPSA) is 25.0 Å².